The minimum atomic E-state index is 0.0421. The number of para-hydroxylation sites is 1. The number of halogens is 1. The zero-order valence-electron chi connectivity index (χ0n) is 10.9. The Morgan fingerprint density at radius 2 is 2.11 bits per heavy atom. The molecule has 0 atom stereocenters. The van der Waals surface area contributed by atoms with E-state index in [1.807, 2.05) is 32.0 Å². The number of nitrogens with zero attached hydrogens (tertiary/aromatic N) is 1. The van der Waals surface area contributed by atoms with Crippen LogP contribution in [0.5, 0.6) is 0 Å². The van der Waals surface area contributed by atoms with Gasteiger partial charge in [0.15, 0.2) is 0 Å². The molecule has 0 aliphatic carbocycles. The molecule has 3 nitrogen and oxygen atoms in total. The van der Waals surface area contributed by atoms with Crippen molar-refractivity contribution in [1.82, 2.24) is 4.90 Å². The number of amides is 1. The summed E-state index contributed by atoms with van der Waals surface area (Å²) in [6.45, 7) is 9.21. The molecule has 18 heavy (non-hydrogen) atoms. The lowest BCUT2D eigenvalue weighted by molar-refractivity contribution is -0.128. The molecule has 0 bridgehead atoms. The number of anilines is 1. The fourth-order valence-electron chi connectivity index (χ4n) is 1.59. The topological polar surface area (TPSA) is 32.3 Å². The van der Waals surface area contributed by atoms with Gasteiger partial charge in [0.25, 0.3) is 0 Å². The van der Waals surface area contributed by atoms with Crippen LogP contribution in [0.25, 0.3) is 0 Å². The molecule has 1 N–H and O–H groups in total. The fraction of sp³-hybridized carbons (Fsp3) is 0.357. The first-order chi connectivity index (χ1) is 8.54. The van der Waals surface area contributed by atoms with E-state index in [4.69, 9.17) is 11.6 Å². The molecule has 1 aromatic rings. The molecular formula is C14H19ClN2O. The maximum atomic E-state index is 12.0. The Hall–Kier alpha value is -1.48. The van der Waals surface area contributed by atoms with Crippen molar-refractivity contribution < 1.29 is 4.79 Å². The highest BCUT2D eigenvalue weighted by Gasteiger charge is 2.11. The van der Waals surface area contributed by atoms with E-state index in [9.17, 15) is 4.79 Å². The quantitative estimate of drug-likeness (QED) is 0.802. The predicted molar refractivity (Wildman–Crippen MR) is 77.0 cm³/mol. The van der Waals surface area contributed by atoms with E-state index in [2.05, 4.69) is 11.9 Å². The highest BCUT2D eigenvalue weighted by molar-refractivity contribution is 6.33. The maximum absolute atomic E-state index is 12.0. The standard InChI is InChI=1S/C14H19ClN2O/c1-4-17(10-11(2)3)14(18)9-16-13-8-6-5-7-12(13)15/h5-8,16H,2,4,9-10H2,1,3H3. The summed E-state index contributed by atoms with van der Waals surface area (Å²) < 4.78 is 0. The van der Waals surface area contributed by atoms with Crippen LogP contribution in [-0.2, 0) is 4.79 Å². The number of carbonyl (C=O) groups is 1. The number of carbonyl (C=O) groups excluding carboxylic acids is 1. The Morgan fingerprint density at radius 3 is 2.67 bits per heavy atom. The van der Waals surface area contributed by atoms with Crippen molar-refractivity contribution in [3.63, 3.8) is 0 Å². The van der Waals surface area contributed by atoms with E-state index in [1.165, 1.54) is 0 Å². The van der Waals surface area contributed by atoms with Gasteiger partial charge in [0, 0.05) is 13.1 Å². The third-order valence-corrected chi connectivity index (χ3v) is 2.83. The molecule has 0 aromatic heterocycles. The summed E-state index contributed by atoms with van der Waals surface area (Å²) in [6, 6.07) is 7.38. The molecule has 1 amide bonds. The number of hydrogen-bond donors (Lipinski definition) is 1. The van der Waals surface area contributed by atoms with Crippen LogP contribution in [0.15, 0.2) is 36.4 Å². The number of likely N-dealkylation sites (N-methyl/N-ethyl adjacent to an activating group) is 1. The first-order valence-corrected chi connectivity index (χ1v) is 6.33. The average Bonchev–Trinajstić information content (AvgIpc) is 2.34. The second-order valence-corrected chi connectivity index (χ2v) is 4.61. The van der Waals surface area contributed by atoms with Gasteiger partial charge in [-0.1, -0.05) is 35.9 Å². The molecule has 0 radical (unpaired) electrons. The van der Waals surface area contributed by atoms with Gasteiger partial charge >= 0.3 is 0 Å². The van der Waals surface area contributed by atoms with E-state index >= 15 is 0 Å². The summed E-state index contributed by atoms with van der Waals surface area (Å²) in [5.74, 6) is 0.0421. The molecule has 1 aromatic carbocycles. The van der Waals surface area contributed by atoms with Gasteiger partial charge < -0.3 is 10.2 Å². The summed E-state index contributed by atoms with van der Waals surface area (Å²) in [4.78, 5) is 13.7. The third kappa shape index (κ3) is 4.41. The van der Waals surface area contributed by atoms with Crippen molar-refractivity contribution in [2.45, 2.75) is 13.8 Å². The van der Waals surface area contributed by atoms with Gasteiger partial charge in [-0.15, -0.1) is 0 Å². The van der Waals surface area contributed by atoms with E-state index in [0.717, 1.165) is 11.3 Å². The summed E-state index contributed by atoms with van der Waals surface area (Å²) in [7, 11) is 0. The lowest BCUT2D eigenvalue weighted by atomic mass is 10.3. The monoisotopic (exact) mass is 266 g/mol. The molecule has 0 heterocycles. The van der Waals surface area contributed by atoms with Crippen LogP contribution in [0.2, 0.25) is 5.02 Å². The molecule has 0 aliphatic rings. The van der Waals surface area contributed by atoms with Gasteiger partial charge in [-0.2, -0.15) is 0 Å². The first kappa shape index (κ1) is 14.6. The Kier molecular flexibility index (Phi) is 5.72. The van der Waals surface area contributed by atoms with Crippen LogP contribution in [0.4, 0.5) is 5.69 Å². The maximum Gasteiger partial charge on any atom is 0.242 e. The van der Waals surface area contributed by atoms with Crippen molar-refractivity contribution in [3.8, 4) is 0 Å². The second-order valence-electron chi connectivity index (χ2n) is 4.20. The minimum Gasteiger partial charge on any atom is -0.375 e. The Bertz CT molecular complexity index is 432. The summed E-state index contributed by atoms with van der Waals surface area (Å²) in [5.41, 5.74) is 1.75. The largest absolute Gasteiger partial charge is 0.375 e. The molecule has 98 valence electrons. The second kappa shape index (κ2) is 7.07. The van der Waals surface area contributed by atoms with E-state index < -0.39 is 0 Å². The summed E-state index contributed by atoms with van der Waals surface area (Å²) in [6.07, 6.45) is 0. The first-order valence-electron chi connectivity index (χ1n) is 5.95. The van der Waals surface area contributed by atoms with Crippen molar-refractivity contribution >= 4 is 23.2 Å². The molecule has 4 heteroatoms. The van der Waals surface area contributed by atoms with E-state index in [1.54, 1.807) is 11.0 Å². The number of rotatable bonds is 6. The smallest absolute Gasteiger partial charge is 0.242 e. The van der Waals surface area contributed by atoms with Crippen LogP contribution in [0.1, 0.15) is 13.8 Å². The van der Waals surface area contributed by atoms with Gasteiger partial charge in [-0.25, -0.2) is 0 Å². The van der Waals surface area contributed by atoms with Crippen LogP contribution in [0.3, 0.4) is 0 Å². The van der Waals surface area contributed by atoms with Crippen molar-refractivity contribution in [2.75, 3.05) is 25.0 Å². The van der Waals surface area contributed by atoms with Gasteiger partial charge in [-0.05, 0) is 26.0 Å². The third-order valence-electron chi connectivity index (χ3n) is 2.50. The number of hydrogen-bond acceptors (Lipinski definition) is 2. The Morgan fingerprint density at radius 1 is 1.44 bits per heavy atom. The summed E-state index contributed by atoms with van der Waals surface area (Å²) in [5, 5.41) is 3.67. The molecule has 0 fully saturated rings. The van der Waals surface area contributed by atoms with Crippen molar-refractivity contribution in [1.29, 1.82) is 0 Å². The van der Waals surface area contributed by atoms with Crippen LogP contribution >= 0.6 is 11.6 Å². The van der Waals surface area contributed by atoms with Gasteiger partial charge in [0.05, 0.1) is 17.3 Å². The number of nitrogens with one attached hydrogen (secondary N) is 1. The molecular weight excluding hydrogens is 248 g/mol. The molecule has 1 rings (SSSR count). The average molecular weight is 267 g/mol. The molecule has 0 aliphatic heterocycles. The highest BCUT2D eigenvalue weighted by Crippen LogP contribution is 2.19. The molecule has 0 spiro atoms. The Labute approximate surface area is 113 Å². The van der Waals surface area contributed by atoms with E-state index in [-0.39, 0.29) is 12.5 Å². The predicted octanol–water partition coefficient (Wildman–Crippen LogP) is 3.18. The lowest BCUT2D eigenvalue weighted by Gasteiger charge is -2.21. The molecule has 0 unspecified atom stereocenters. The SMILES string of the molecule is C=C(C)CN(CC)C(=O)CNc1ccccc1Cl. The van der Waals surface area contributed by atoms with Crippen molar-refractivity contribution in [3.05, 3.63) is 41.4 Å². The fourth-order valence-corrected chi connectivity index (χ4v) is 1.79. The normalized spacial score (nSPS) is 9.94. The van der Waals surface area contributed by atoms with Gasteiger partial charge in [0.1, 0.15) is 0 Å². The van der Waals surface area contributed by atoms with E-state index in [0.29, 0.717) is 18.1 Å². The highest BCUT2D eigenvalue weighted by atomic mass is 35.5. The number of benzene rings is 1. The van der Waals surface area contributed by atoms with Gasteiger partial charge in [0.2, 0.25) is 5.91 Å². The molecule has 0 saturated heterocycles. The minimum absolute atomic E-state index is 0.0421. The molecule has 0 saturated carbocycles. The van der Waals surface area contributed by atoms with Crippen molar-refractivity contribution in [2.24, 2.45) is 0 Å². The zero-order valence-corrected chi connectivity index (χ0v) is 11.6. The van der Waals surface area contributed by atoms with Crippen LogP contribution in [-0.4, -0.2) is 30.4 Å². The van der Waals surface area contributed by atoms with Crippen LogP contribution < -0.4 is 5.32 Å². The zero-order chi connectivity index (χ0) is 13.5. The summed E-state index contributed by atoms with van der Waals surface area (Å²) >= 11 is 6.00. The lowest BCUT2D eigenvalue weighted by Crippen LogP contribution is -2.36. The van der Waals surface area contributed by atoms with Crippen LogP contribution in [0, 0.1) is 0 Å². The van der Waals surface area contributed by atoms with Gasteiger partial charge in [-0.3, -0.25) is 4.79 Å². The Balaban J connectivity index is 2.54.